The van der Waals surface area contributed by atoms with Crippen molar-refractivity contribution < 1.29 is 9.13 Å². The molecule has 0 spiro atoms. The Balaban J connectivity index is 2.34. The summed E-state index contributed by atoms with van der Waals surface area (Å²) in [7, 11) is 0. The van der Waals surface area contributed by atoms with Crippen molar-refractivity contribution in [3.05, 3.63) is 57.3 Å². The lowest BCUT2D eigenvalue weighted by atomic mass is 9.82. The van der Waals surface area contributed by atoms with Crippen molar-refractivity contribution in [1.82, 2.24) is 10.2 Å². The Morgan fingerprint density at radius 2 is 2.17 bits per heavy atom. The van der Waals surface area contributed by atoms with E-state index in [1.807, 2.05) is 19.9 Å². The smallest absolute Gasteiger partial charge is 0.244 e. The van der Waals surface area contributed by atoms with Crippen LogP contribution in [0.5, 0.6) is 5.88 Å². The largest absolute Gasteiger partial charge is 0.420 e. The number of ether oxygens (including phenoxy) is 1. The molecule has 2 aromatic rings. The Kier molecular flexibility index (Phi) is 3.74. The predicted octanol–water partition coefficient (Wildman–Crippen LogP) is 3.54. The Hall–Kier alpha value is -2.52. The summed E-state index contributed by atoms with van der Waals surface area (Å²) in [6, 6.07) is 6.41. The minimum absolute atomic E-state index is 0.0715. The van der Waals surface area contributed by atoms with Crippen LogP contribution in [0.3, 0.4) is 0 Å². The number of fused-ring (bicyclic) bond motifs is 1. The molecule has 0 saturated heterocycles. The number of rotatable bonds is 2. The fourth-order valence-corrected chi connectivity index (χ4v) is 3.06. The molecular weight excluding hydrogens is 319 g/mol. The Morgan fingerprint density at radius 1 is 1.43 bits per heavy atom. The van der Waals surface area contributed by atoms with E-state index in [1.54, 1.807) is 6.07 Å². The van der Waals surface area contributed by atoms with Crippen molar-refractivity contribution in [3.63, 3.8) is 0 Å². The maximum Gasteiger partial charge on any atom is 0.244 e. The van der Waals surface area contributed by atoms with Crippen LogP contribution in [0.15, 0.2) is 29.7 Å². The summed E-state index contributed by atoms with van der Waals surface area (Å²) >= 11 is 6.21. The molecule has 118 valence electrons. The van der Waals surface area contributed by atoms with Gasteiger partial charge in [-0.1, -0.05) is 31.5 Å². The fourth-order valence-electron chi connectivity index (χ4n) is 2.78. The first-order chi connectivity index (χ1) is 11.0. The predicted molar refractivity (Wildman–Crippen MR) is 83.4 cm³/mol. The van der Waals surface area contributed by atoms with Gasteiger partial charge in [0, 0.05) is 16.3 Å². The zero-order valence-corrected chi connectivity index (χ0v) is 13.3. The molecule has 1 aliphatic heterocycles. The van der Waals surface area contributed by atoms with Crippen LogP contribution in [-0.4, -0.2) is 10.2 Å². The van der Waals surface area contributed by atoms with Crippen LogP contribution in [0.2, 0.25) is 5.02 Å². The number of nitrogens with zero attached hydrogens (tertiary/aromatic N) is 2. The molecule has 0 fully saturated rings. The number of aromatic nitrogens is 2. The fraction of sp³-hybridized carbons (Fsp3) is 0.250. The van der Waals surface area contributed by atoms with Crippen LogP contribution in [0.4, 0.5) is 4.39 Å². The van der Waals surface area contributed by atoms with E-state index in [2.05, 4.69) is 10.2 Å². The first kappa shape index (κ1) is 15.4. The number of nitrogens with one attached hydrogen (secondary N) is 1. The van der Waals surface area contributed by atoms with Gasteiger partial charge in [-0.15, -0.1) is 5.10 Å². The van der Waals surface area contributed by atoms with Crippen LogP contribution in [0, 0.1) is 17.1 Å². The van der Waals surface area contributed by atoms with Gasteiger partial charge in [-0.3, -0.25) is 5.10 Å². The molecule has 1 aromatic heterocycles. The van der Waals surface area contributed by atoms with Crippen LogP contribution in [0.1, 0.15) is 42.5 Å². The molecule has 1 atom stereocenters. The minimum Gasteiger partial charge on any atom is -0.420 e. The second-order valence-electron chi connectivity index (χ2n) is 5.57. The van der Waals surface area contributed by atoms with Gasteiger partial charge in [0.05, 0.1) is 11.5 Å². The molecule has 1 aliphatic rings. The maximum atomic E-state index is 14.5. The lowest BCUT2D eigenvalue weighted by Gasteiger charge is -2.25. The quantitative estimate of drug-likeness (QED) is 0.880. The number of nitriles is 1. The van der Waals surface area contributed by atoms with Crippen LogP contribution < -0.4 is 10.5 Å². The molecule has 23 heavy (non-hydrogen) atoms. The second kappa shape index (κ2) is 5.60. The normalized spacial score (nSPS) is 17.0. The van der Waals surface area contributed by atoms with Gasteiger partial charge in [-0.2, -0.15) is 5.26 Å². The molecular formula is C16H14ClFN4O. The number of aromatic amines is 1. The van der Waals surface area contributed by atoms with Crippen molar-refractivity contribution in [2.75, 3.05) is 0 Å². The number of allylic oxidation sites excluding steroid dienone is 1. The van der Waals surface area contributed by atoms with E-state index in [1.165, 1.54) is 12.1 Å². The van der Waals surface area contributed by atoms with Crippen molar-refractivity contribution in [1.29, 1.82) is 5.26 Å². The SMILES string of the molecule is CC(C)c1[nH]nc2c1[C@@H](c1c(F)cccc1Cl)C(C#N)=C(N)O2. The van der Waals surface area contributed by atoms with Gasteiger partial charge in [0.1, 0.15) is 17.5 Å². The van der Waals surface area contributed by atoms with Crippen molar-refractivity contribution in [3.8, 4) is 11.9 Å². The molecule has 7 heteroatoms. The Labute approximate surface area is 137 Å². The Bertz CT molecular complexity index is 830. The molecule has 0 saturated carbocycles. The number of halogens is 2. The summed E-state index contributed by atoms with van der Waals surface area (Å²) in [5, 5.41) is 16.7. The zero-order valence-electron chi connectivity index (χ0n) is 12.5. The highest BCUT2D eigenvalue weighted by Gasteiger charge is 2.38. The molecule has 0 bridgehead atoms. The third-order valence-electron chi connectivity index (χ3n) is 3.83. The molecule has 0 amide bonds. The molecule has 0 radical (unpaired) electrons. The highest BCUT2D eigenvalue weighted by Crippen LogP contribution is 2.46. The van der Waals surface area contributed by atoms with Gasteiger partial charge in [-0.25, -0.2) is 4.39 Å². The van der Waals surface area contributed by atoms with Crippen LogP contribution in [0.25, 0.3) is 0 Å². The topological polar surface area (TPSA) is 87.7 Å². The molecule has 2 heterocycles. The van der Waals surface area contributed by atoms with Gasteiger partial charge in [0.2, 0.25) is 11.8 Å². The van der Waals surface area contributed by atoms with Gasteiger partial charge in [-0.05, 0) is 18.1 Å². The number of hydrogen-bond acceptors (Lipinski definition) is 4. The van der Waals surface area contributed by atoms with E-state index >= 15 is 0 Å². The van der Waals surface area contributed by atoms with E-state index in [4.69, 9.17) is 22.1 Å². The van der Waals surface area contributed by atoms with Crippen molar-refractivity contribution >= 4 is 11.6 Å². The number of H-pyrrole nitrogens is 1. The highest BCUT2D eigenvalue weighted by atomic mass is 35.5. The number of nitrogens with two attached hydrogens (primary N) is 1. The third kappa shape index (κ3) is 2.34. The van der Waals surface area contributed by atoms with Gasteiger partial charge >= 0.3 is 0 Å². The number of hydrogen-bond donors (Lipinski definition) is 2. The van der Waals surface area contributed by atoms with E-state index < -0.39 is 11.7 Å². The first-order valence-corrected chi connectivity index (χ1v) is 7.43. The third-order valence-corrected chi connectivity index (χ3v) is 4.16. The van der Waals surface area contributed by atoms with Gasteiger partial charge < -0.3 is 10.5 Å². The maximum absolute atomic E-state index is 14.5. The van der Waals surface area contributed by atoms with Gasteiger partial charge in [0.25, 0.3) is 0 Å². The molecule has 0 aliphatic carbocycles. The van der Waals surface area contributed by atoms with E-state index in [0.717, 1.165) is 5.69 Å². The molecule has 1 aromatic carbocycles. The van der Waals surface area contributed by atoms with E-state index in [9.17, 15) is 9.65 Å². The van der Waals surface area contributed by atoms with Crippen LogP contribution in [-0.2, 0) is 0 Å². The summed E-state index contributed by atoms with van der Waals surface area (Å²) in [4.78, 5) is 0. The Morgan fingerprint density at radius 3 is 2.78 bits per heavy atom. The summed E-state index contributed by atoms with van der Waals surface area (Å²) in [6.45, 7) is 3.92. The summed E-state index contributed by atoms with van der Waals surface area (Å²) in [6.07, 6.45) is 0. The average molecular weight is 333 g/mol. The molecule has 3 rings (SSSR count). The summed E-state index contributed by atoms with van der Waals surface area (Å²) < 4.78 is 19.9. The summed E-state index contributed by atoms with van der Waals surface area (Å²) in [5.74, 6) is -1.04. The van der Waals surface area contributed by atoms with Crippen LogP contribution >= 0.6 is 11.6 Å². The van der Waals surface area contributed by atoms with Gasteiger partial charge in [0.15, 0.2) is 0 Å². The van der Waals surface area contributed by atoms with Crippen molar-refractivity contribution in [2.24, 2.45) is 5.73 Å². The lowest BCUT2D eigenvalue weighted by Crippen LogP contribution is -2.22. The standard InChI is InChI=1S/C16H14ClFN4O/c1-7(2)14-13-11(12-9(17)4-3-5-10(12)18)8(6-19)15(20)23-16(13)22-21-14/h3-5,7,11H,20H2,1-2H3,(H,21,22)/t11-/m1/s1. The number of benzene rings is 1. The van der Waals surface area contributed by atoms with E-state index in [0.29, 0.717) is 5.56 Å². The van der Waals surface area contributed by atoms with Crippen molar-refractivity contribution in [2.45, 2.75) is 25.7 Å². The minimum atomic E-state index is -0.756. The monoisotopic (exact) mass is 332 g/mol. The van der Waals surface area contributed by atoms with E-state index in [-0.39, 0.29) is 33.8 Å². The summed E-state index contributed by atoms with van der Waals surface area (Å²) in [5.41, 5.74) is 7.50. The second-order valence-corrected chi connectivity index (χ2v) is 5.98. The molecule has 0 unspecified atom stereocenters. The first-order valence-electron chi connectivity index (χ1n) is 7.05. The molecule has 3 N–H and O–H groups in total. The average Bonchev–Trinajstić information content (AvgIpc) is 2.90. The highest BCUT2D eigenvalue weighted by molar-refractivity contribution is 6.31. The lowest BCUT2D eigenvalue weighted by molar-refractivity contribution is 0.377. The molecule has 5 nitrogen and oxygen atoms in total. The zero-order chi connectivity index (χ0) is 16.7.